The highest BCUT2D eigenvalue weighted by atomic mass is 35.5. The van der Waals surface area contributed by atoms with Crippen LogP contribution in [0.5, 0.6) is 0 Å². The Morgan fingerprint density at radius 3 is 2.31 bits per heavy atom. The summed E-state index contributed by atoms with van der Waals surface area (Å²) in [6.07, 6.45) is -2.88. The molecule has 0 unspecified atom stereocenters. The molecule has 0 amide bonds. The van der Waals surface area contributed by atoms with Gasteiger partial charge in [0.05, 0.1) is 12.7 Å². The molecule has 3 rings (SSSR count). The van der Waals surface area contributed by atoms with Crippen LogP contribution < -0.4 is 0 Å². The van der Waals surface area contributed by atoms with E-state index in [-0.39, 0.29) is 17.2 Å². The molecule has 1 fully saturated rings. The fourth-order valence-corrected chi connectivity index (χ4v) is 7.06. The maximum atomic E-state index is 12.4. The van der Waals surface area contributed by atoms with Gasteiger partial charge in [-0.25, -0.2) is 4.79 Å². The number of ether oxygens (including phenoxy) is 1. The summed E-state index contributed by atoms with van der Waals surface area (Å²) in [4.78, 5) is 13.7. The van der Waals surface area contributed by atoms with E-state index in [9.17, 15) is 30.3 Å². The molecule has 0 bridgehead atoms. The predicted molar refractivity (Wildman–Crippen MR) is 151 cm³/mol. The van der Waals surface area contributed by atoms with Crippen LogP contribution in [0.25, 0.3) is 0 Å². The van der Waals surface area contributed by atoms with Crippen molar-refractivity contribution in [1.29, 1.82) is 0 Å². The van der Waals surface area contributed by atoms with Gasteiger partial charge in [0.1, 0.15) is 35.9 Å². The van der Waals surface area contributed by atoms with E-state index in [1.165, 1.54) is 11.3 Å². The lowest BCUT2D eigenvalue weighted by Gasteiger charge is -2.25. The van der Waals surface area contributed by atoms with Crippen molar-refractivity contribution < 1.29 is 40.2 Å². The van der Waals surface area contributed by atoms with E-state index in [0.717, 1.165) is 42.5 Å². The summed E-state index contributed by atoms with van der Waals surface area (Å²) in [7, 11) is 0. The molecule has 1 aromatic carbocycles. The van der Waals surface area contributed by atoms with Gasteiger partial charge in [-0.15, -0.1) is 22.9 Å². The Balaban J connectivity index is 1.46. The lowest BCUT2D eigenvalue weighted by molar-refractivity contribution is -0.124. The number of hydrogen-bond donors (Lipinski definition) is 6. The first-order chi connectivity index (χ1) is 18.5. The number of carbonyl (C=O) groups excluding carboxylic acids is 1. The molecule has 8 atom stereocenters. The molecule has 1 aromatic heterocycles. The van der Waals surface area contributed by atoms with Crippen molar-refractivity contribution in [1.82, 2.24) is 0 Å². The van der Waals surface area contributed by atoms with Crippen molar-refractivity contribution in [2.45, 2.75) is 74.4 Å². The zero-order chi connectivity index (χ0) is 28.7. The standard InChI is InChI=1S/C27H35Cl3O8S/c28-15-8-14(9-16(29)10-15)4-6-19-18(20(30)11-21(19)32)3-1-2-17-5-7-24(39-17)27(37)38-13-23(34)26(36)25(35)22(33)12-31/h5,7-10,18-23,25-26,31-36H,1-4,6,11-13H2/t18-,19-,20-,21-,22+,23+,25-,26-/m1/s1. The third-order valence-corrected chi connectivity index (χ3v) is 9.26. The van der Waals surface area contributed by atoms with Crippen LogP contribution in [0.2, 0.25) is 10.0 Å². The van der Waals surface area contributed by atoms with Gasteiger partial charge >= 0.3 is 5.97 Å². The summed E-state index contributed by atoms with van der Waals surface area (Å²) < 4.78 is 5.04. The van der Waals surface area contributed by atoms with Crippen LogP contribution in [-0.2, 0) is 17.6 Å². The van der Waals surface area contributed by atoms with Gasteiger partial charge in [0.15, 0.2) is 0 Å². The average Bonchev–Trinajstić information content (AvgIpc) is 3.47. The van der Waals surface area contributed by atoms with Gasteiger partial charge in [-0.05, 0) is 86.3 Å². The number of thiophene rings is 1. The number of aryl methyl sites for hydroxylation is 2. The second-order valence-electron chi connectivity index (χ2n) is 10.0. The van der Waals surface area contributed by atoms with E-state index in [1.54, 1.807) is 12.1 Å². The first-order valence-electron chi connectivity index (χ1n) is 12.9. The van der Waals surface area contributed by atoms with Crippen molar-refractivity contribution in [2.75, 3.05) is 13.2 Å². The molecule has 0 aliphatic heterocycles. The Bertz CT molecular complexity index is 1050. The van der Waals surface area contributed by atoms with E-state index in [2.05, 4.69) is 0 Å². The number of hydrogen-bond acceptors (Lipinski definition) is 9. The highest BCUT2D eigenvalue weighted by molar-refractivity contribution is 7.13. The molecule has 6 N–H and O–H groups in total. The molecular formula is C27H35Cl3O8S. The van der Waals surface area contributed by atoms with Gasteiger partial charge in [-0.3, -0.25) is 0 Å². The SMILES string of the molecule is O=C(OC[C@H](O)[C@@H](O)[C@H](O)[C@@H](O)CO)c1ccc(CCC[C@@H]2[C@@H](CCc3cc(Cl)cc(Cl)c3)[C@H](O)C[C@H]2Cl)s1. The molecule has 1 aliphatic rings. The third-order valence-electron chi connectivity index (χ3n) is 7.20. The molecular weight excluding hydrogens is 591 g/mol. The summed E-state index contributed by atoms with van der Waals surface area (Å²) in [5, 5.41) is 59.3. The number of benzene rings is 1. The van der Waals surface area contributed by atoms with Crippen molar-refractivity contribution in [3.8, 4) is 0 Å². The van der Waals surface area contributed by atoms with Gasteiger partial charge in [0.2, 0.25) is 0 Å². The number of esters is 1. The molecule has 8 nitrogen and oxygen atoms in total. The van der Waals surface area contributed by atoms with Crippen molar-refractivity contribution in [3.63, 3.8) is 0 Å². The Labute approximate surface area is 246 Å². The first kappa shape index (κ1) is 32.5. The van der Waals surface area contributed by atoms with Gasteiger partial charge in [0, 0.05) is 20.3 Å². The van der Waals surface area contributed by atoms with Crippen LogP contribution in [0, 0.1) is 11.8 Å². The van der Waals surface area contributed by atoms with Crippen molar-refractivity contribution in [3.05, 3.63) is 55.7 Å². The molecule has 0 saturated heterocycles. The minimum Gasteiger partial charge on any atom is -0.459 e. The predicted octanol–water partition coefficient (Wildman–Crippen LogP) is 3.21. The first-order valence-corrected chi connectivity index (χ1v) is 14.9. The quantitative estimate of drug-likeness (QED) is 0.139. The molecule has 0 radical (unpaired) electrons. The lowest BCUT2D eigenvalue weighted by Crippen LogP contribution is -2.47. The van der Waals surface area contributed by atoms with E-state index in [4.69, 9.17) is 44.6 Å². The number of aliphatic hydroxyl groups is 6. The second-order valence-corrected chi connectivity index (χ2v) is 12.6. The molecule has 218 valence electrons. The molecule has 12 heteroatoms. The maximum Gasteiger partial charge on any atom is 0.348 e. The Morgan fingerprint density at radius 1 is 0.974 bits per heavy atom. The highest BCUT2D eigenvalue weighted by Gasteiger charge is 2.40. The van der Waals surface area contributed by atoms with Gasteiger partial charge in [0.25, 0.3) is 0 Å². The molecule has 0 spiro atoms. The second kappa shape index (κ2) is 15.3. The highest BCUT2D eigenvalue weighted by Crippen LogP contribution is 2.42. The Kier molecular flexibility index (Phi) is 12.8. The molecule has 1 saturated carbocycles. The molecule has 1 aliphatic carbocycles. The third kappa shape index (κ3) is 9.26. The maximum absolute atomic E-state index is 12.4. The minimum absolute atomic E-state index is 0.0675. The number of halogens is 3. The van der Waals surface area contributed by atoms with E-state index < -0.39 is 49.7 Å². The zero-order valence-electron chi connectivity index (χ0n) is 21.2. The summed E-state index contributed by atoms with van der Waals surface area (Å²) in [6.45, 7) is -1.39. The fourth-order valence-electron chi connectivity index (χ4n) is 5.05. The van der Waals surface area contributed by atoms with Crippen LogP contribution in [-0.4, -0.2) is 85.7 Å². The van der Waals surface area contributed by atoms with Crippen LogP contribution in [0.4, 0.5) is 0 Å². The van der Waals surface area contributed by atoms with Crippen molar-refractivity contribution >= 4 is 52.1 Å². The van der Waals surface area contributed by atoms with E-state index in [1.807, 2.05) is 18.2 Å². The normalized spacial score (nSPS) is 24.3. The summed E-state index contributed by atoms with van der Waals surface area (Å²) >= 11 is 20.1. The number of aliphatic hydroxyl groups excluding tert-OH is 6. The smallest absolute Gasteiger partial charge is 0.348 e. The van der Waals surface area contributed by atoms with Crippen LogP contribution in [0.1, 0.15) is 45.8 Å². The average molecular weight is 626 g/mol. The summed E-state index contributed by atoms with van der Waals surface area (Å²) in [5.41, 5.74) is 1.02. The topological polar surface area (TPSA) is 148 Å². The van der Waals surface area contributed by atoms with Gasteiger partial charge in [-0.1, -0.05) is 23.2 Å². The Morgan fingerprint density at radius 2 is 1.64 bits per heavy atom. The number of rotatable bonds is 14. The van der Waals surface area contributed by atoms with E-state index in [0.29, 0.717) is 21.3 Å². The molecule has 39 heavy (non-hydrogen) atoms. The number of carbonyl (C=O) groups is 1. The van der Waals surface area contributed by atoms with Crippen LogP contribution in [0.3, 0.4) is 0 Å². The molecule has 1 heterocycles. The van der Waals surface area contributed by atoms with Crippen LogP contribution in [0.15, 0.2) is 30.3 Å². The summed E-state index contributed by atoms with van der Waals surface area (Å²) in [5.74, 6) is -0.457. The number of alkyl halides is 1. The Hall–Kier alpha value is -0.980. The van der Waals surface area contributed by atoms with Crippen molar-refractivity contribution in [2.24, 2.45) is 11.8 Å². The van der Waals surface area contributed by atoms with Gasteiger partial charge < -0.3 is 35.4 Å². The van der Waals surface area contributed by atoms with Crippen LogP contribution >= 0.6 is 46.1 Å². The fraction of sp³-hybridized carbons (Fsp3) is 0.593. The van der Waals surface area contributed by atoms with E-state index >= 15 is 0 Å². The van der Waals surface area contributed by atoms with Gasteiger partial charge in [-0.2, -0.15) is 0 Å². The largest absolute Gasteiger partial charge is 0.459 e. The zero-order valence-corrected chi connectivity index (χ0v) is 24.3. The minimum atomic E-state index is -1.80. The monoisotopic (exact) mass is 624 g/mol. The lowest BCUT2D eigenvalue weighted by atomic mass is 9.85. The summed E-state index contributed by atoms with van der Waals surface area (Å²) in [6, 6.07) is 8.91. The molecule has 2 aromatic rings.